The minimum Gasteiger partial charge on any atom is -0.308 e. The first-order valence-corrected chi connectivity index (χ1v) is 15.7. The summed E-state index contributed by atoms with van der Waals surface area (Å²) < 4.78 is 4.73. The number of benzene rings is 7. The number of fused-ring (bicyclic) bond motifs is 9. The third-order valence-electron chi connectivity index (χ3n) is 9.49. The number of hydrogen-bond acceptors (Lipinski definition) is 1. The van der Waals surface area contributed by atoms with E-state index in [0.29, 0.717) is 0 Å². The smallest absolute Gasteiger partial charge is 0.145 e. The van der Waals surface area contributed by atoms with Crippen molar-refractivity contribution < 1.29 is 0 Å². The van der Waals surface area contributed by atoms with Gasteiger partial charge in [0.15, 0.2) is 0 Å². The molecule has 9 aromatic rings. The number of nitrogens with zero attached hydrogens (tertiary/aromatic N) is 3. The van der Waals surface area contributed by atoms with Crippen molar-refractivity contribution in [1.82, 2.24) is 14.1 Å². The van der Waals surface area contributed by atoms with Crippen molar-refractivity contribution in [2.24, 2.45) is 0 Å². The lowest BCUT2D eigenvalue weighted by molar-refractivity contribution is 1.10. The Balaban J connectivity index is 1.15. The maximum absolute atomic E-state index is 5.03. The van der Waals surface area contributed by atoms with Gasteiger partial charge in [-0.05, 0) is 64.7 Å². The largest absolute Gasteiger partial charge is 0.308 e. The molecule has 7 aromatic carbocycles. The van der Waals surface area contributed by atoms with Gasteiger partial charge in [0.2, 0.25) is 0 Å². The molecule has 46 heavy (non-hydrogen) atoms. The summed E-state index contributed by atoms with van der Waals surface area (Å²) in [6.45, 7) is 0. The van der Waals surface area contributed by atoms with E-state index in [2.05, 4.69) is 161 Å². The van der Waals surface area contributed by atoms with Crippen LogP contribution in [0.15, 0.2) is 164 Å². The molecule has 2 aromatic heterocycles. The predicted octanol–water partition coefficient (Wildman–Crippen LogP) is 11.1. The molecule has 1 aliphatic rings. The van der Waals surface area contributed by atoms with Crippen LogP contribution in [0, 0.1) is 0 Å². The van der Waals surface area contributed by atoms with Crippen LogP contribution in [-0.4, -0.2) is 14.1 Å². The van der Waals surface area contributed by atoms with Crippen molar-refractivity contribution in [2.45, 2.75) is 0 Å². The maximum atomic E-state index is 5.03. The molecular formula is C43H27N3. The summed E-state index contributed by atoms with van der Waals surface area (Å²) >= 11 is 0. The zero-order valence-corrected chi connectivity index (χ0v) is 24.9. The standard InChI is InChI=1S/C43H27N3/c1-2-11-29(12-3-1)43-44-38-18-7-9-20-41(38)45(43)31-24-21-28(22-25-31)30-23-26-40-37(27-30)33-14-5-4-13-32(33)35-16-10-17-36-34-15-6-8-19-39(34)46(40)42(35)36/h1-27H. The highest BCUT2D eigenvalue weighted by Gasteiger charge is 2.24. The second-order valence-electron chi connectivity index (χ2n) is 12.0. The summed E-state index contributed by atoms with van der Waals surface area (Å²) in [6, 6.07) is 59.0. The Kier molecular flexibility index (Phi) is 5.28. The molecule has 3 nitrogen and oxygen atoms in total. The average molecular weight is 586 g/mol. The minimum absolute atomic E-state index is 0.945. The molecule has 0 radical (unpaired) electrons. The Hall–Kier alpha value is -6.19. The molecule has 0 saturated carbocycles. The number of para-hydroxylation sites is 4. The summed E-state index contributed by atoms with van der Waals surface area (Å²) in [5, 5.41) is 2.57. The van der Waals surface area contributed by atoms with Gasteiger partial charge in [0.25, 0.3) is 0 Å². The van der Waals surface area contributed by atoms with Crippen LogP contribution in [0.1, 0.15) is 0 Å². The maximum Gasteiger partial charge on any atom is 0.145 e. The Morgan fingerprint density at radius 3 is 1.89 bits per heavy atom. The van der Waals surface area contributed by atoms with E-state index in [1.165, 1.54) is 60.9 Å². The average Bonchev–Trinajstić information content (AvgIpc) is 3.65. The van der Waals surface area contributed by atoms with Crippen LogP contribution in [0.3, 0.4) is 0 Å². The molecule has 0 spiro atoms. The molecule has 0 unspecified atom stereocenters. The lowest BCUT2D eigenvalue weighted by atomic mass is 9.92. The van der Waals surface area contributed by atoms with E-state index in [1.54, 1.807) is 0 Å². The number of aromatic nitrogens is 3. The first-order valence-electron chi connectivity index (χ1n) is 15.7. The van der Waals surface area contributed by atoms with Crippen molar-refractivity contribution in [2.75, 3.05) is 0 Å². The van der Waals surface area contributed by atoms with Gasteiger partial charge in [-0.25, -0.2) is 4.98 Å². The molecule has 10 rings (SSSR count). The summed E-state index contributed by atoms with van der Waals surface area (Å²) in [4.78, 5) is 5.03. The number of hydrogen-bond donors (Lipinski definition) is 0. The molecule has 0 bridgehead atoms. The molecule has 214 valence electrons. The molecule has 0 atom stereocenters. The highest BCUT2D eigenvalue weighted by atomic mass is 15.1. The van der Waals surface area contributed by atoms with Crippen molar-refractivity contribution in [3.63, 3.8) is 0 Å². The number of imidazole rings is 1. The highest BCUT2D eigenvalue weighted by Crippen LogP contribution is 2.47. The van der Waals surface area contributed by atoms with Gasteiger partial charge in [0.1, 0.15) is 5.82 Å². The van der Waals surface area contributed by atoms with E-state index >= 15 is 0 Å². The normalized spacial score (nSPS) is 11.9. The highest BCUT2D eigenvalue weighted by molar-refractivity contribution is 6.16. The molecule has 0 aliphatic carbocycles. The van der Waals surface area contributed by atoms with E-state index in [1.807, 2.05) is 12.1 Å². The molecule has 3 heteroatoms. The fourth-order valence-electron chi connectivity index (χ4n) is 7.44. The third-order valence-corrected chi connectivity index (χ3v) is 9.49. The molecule has 0 fully saturated rings. The van der Waals surface area contributed by atoms with Crippen LogP contribution in [0.2, 0.25) is 0 Å². The third kappa shape index (κ3) is 3.57. The SMILES string of the molecule is c1ccc(-c2nc3ccccc3n2-c2ccc(-c3ccc4c(c3)-c3ccccc3-c3cccc5c6ccccc6n-4c35)cc2)cc1. The minimum atomic E-state index is 0.945. The Labute approximate surface area is 266 Å². The van der Waals surface area contributed by atoms with Crippen LogP contribution in [0.4, 0.5) is 0 Å². The van der Waals surface area contributed by atoms with Crippen LogP contribution in [0.25, 0.3) is 89.0 Å². The lowest BCUT2D eigenvalue weighted by Gasteiger charge is -2.15. The Bertz CT molecular complexity index is 2620. The van der Waals surface area contributed by atoms with Gasteiger partial charge in [-0.3, -0.25) is 4.57 Å². The van der Waals surface area contributed by atoms with Gasteiger partial charge in [-0.15, -0.1) is 0 Å². The molecule has 1 aliphatic heterocycles. The van der Waals surface area contributed by atoms with E-state index < -0.39 is 0 Å². The van der Waals surface area contributed by atoms with Crippen molar-refractivity contribution in [3.05, 3.63) is 164 Å². The van der Waals surface area contributed by atoms with Crippen molar-refractivity contribution in [3.8, 4) is 56.1 Å². The molecule has 0 amide bonds. The topological polar surface area (TPSA) is 22.8 Å². The Morgan fingerprint density at radius 2 is 1.04 bits per heavy atom. The Morgan fingerprint density at radius 1 is 0.391 bits per heavy atom. The van der Waals surface area contributed by atoms with E-state index in [4.69, 9.17) is 4.98 Å². The van der Waals surface area contributed by atoms with E-state index in [0.717, 1.165) is 28.1 Å². The number of rotatable bonds is 3. The summed E-state index contributed by atoms with van der Waals surface area (Å²) in [5.41, 5.74) is 15.4. The zero-order chi connectivity index (χ0) is 30.2. The van der Waals surface area contributed by atoms with Crippen LogP contribution < -0.4 is 0 Å². The van der Waals surface area contributed by atoms with Crippen molar-refractivity contribution in [1.29, 1.82) is 0 Å². The second kappa shape index (κ2) is 9.65. The van der Waals surface area contributed by atoms with Crippen molar-refractivity contribution >= 4 is 32.8 Å². The van der Waals surface area contributed by atoms with Gasteiger partial charge < -0.3 is 4.57 Å². The van der Waals surface area contributed by atoms with E-state index in [9.17, 15) is 0 Å². The summed E-state index contributed by atoms with van der Waals surface area (Å²) in [7, 11) is 0. The van der Waals surface area contributed by atoms with Crippen LogP contribution in [-0.2, 0) is 0 Å². The van der Waals surface area contributed by atoms with Gasteiger partial charge in [0, 0.05) is 33.2 Å². The van der Waals surface area contributed by atoms with E-state index in [-0.39, 0.29) is 0 Å². The van der Waals surface area contributed by atoms with Gasteiger partial charge in [-0.2, -0.15) is 0 Å². The summed E-state index contributed by atoms with van der Waals surface area (Å²) in [5.74, 6) is 0.945. The van der Waals surface area contributed by atoms with Gasteiger partial charge >= 0.3 is 0 Å². The lowest BCUT2D eigenvalue weighted by Crippen LogP contribution is -1.98. The fourth-order valence-corrected chi connectivity index (χ4v) is 7.44. The molecular weight excluding hydrogens is 558 g/mol. The quantitative estimate of drug-likeness (QED) is 0.202. The van der Waals surface area contributed by atoms with Gasteiger partial charge in [-0.1, -0.05) is 121 Å². The van der Waals surface area contributed by atoms with Gasteiger partial charge in [0.05, 0.1) is 27.8 Å². The fraction of sp³-hybridized carbons (Fsp3) is 0. The second-order valence-corrected chi connectivity index (χ2v) is 12.0. The van der Waals surface area contributed by atoms with Crippen LogP contribution >= 0.6 is 0 Å². The monoisotopic (exact) mass is 585 g/mol. The first-order chi connectivity index (χ1) is 22.8. The first kappa shape index (κ1) is 25.2. The molecule has 0 N–H and O–H groups in total. The molecule has 0 saturated heterocycles. The molecule has 3 heterocycles. The summed E-state index contributed by atoms with van der Waals surface area (Å²) in [6.07, 6.45) is 0. The zero-order valence-electron chi connectivity index (χ0n) is 24.9. The predicted molar refractivity (Wildman–Crippen MR) is 191 cm³/mol. The van der Waals surface area contributed by atoms with Crippen LogP contribution in [0.5, 0.6) is 0 Å².